The summed E-state index contributed by atoms with van der Waals surface area (Å²) in [4.78, 5) is 35.3. The fraction of sp³-hybridized carbons (Fsp3) is 0.591. The van der Waals surface area contributed by atoms with Gasteiger partial charge in [-0.2, -0.15) is 0 Å². The minimum absolute atomic E-state index is 0.103. The average molecular weight is 420 g/mol. The predicted molar refractivity (Wildman–Crippen MR) is 116 cm³/mol. The molecule has 3 N–H and O–H groups in total. The van der Waals surface area contributed by atoms with Gasteiger partial charge in [-0.05, 0) is 63.4 Å². The number of nitrogens with one attached hydrogen (secondary N) is 1. The largest absolute Gasteiger partial charge is 0.473 e. The van der Waals surface area contributed by atoms with Gasteiger partial charge in [0.2, 0.25) is 5.91 Å². The van der Waals surface area contributed by atoms with Crippen molar-refractivity contribution in [3.05, 3.63) is 24.3 Å². The Bertz CT molecular complexity index is 687. The number of carbonyl (C=O) groups excluding carboxylic acids is 1. The van der Waals surface area contributed by atoms with Gasteiger partial charge in [0, 0.05) is 30.5 Å². The van der Waals surface area contributed by atoms with Crippen molar-refractivity contribution in [3.8, 4) is 0 Å². The number of carboxylic acid groups (broad SMARTS) is 2. The van der Waals surface area contributed by atoms with E-state index in [0.29, 0.717) is 12.6 Å². The van der Waals surface area contributed by atoms with E-state index in [0.717, 1.165) is 25.3 Å². The van der Waals surface area contributed by atoms with Gasteiger partial charge < -0.3 is 20.4 Å². The Morgan fingerprint density at radius 1 is 0.900 bits per heavy atom. The van der Waals surface area contributed by atoms with Crippen LogP contribution in [0.4, 0.5) is 11.4 Å². The standard InChI is InChI=1S/C20H31N3O.C2H2O4/c1-17-8-4-7-15-23(17)16-20(24)21-18-9-11-19(12-10-18)22-13-5-2-3-6-14-22;3-1(4)2(5)6/h9-12,17H,2-8,13-16H2,1H3,(H,21,24);(H,3,4)(H,5,6). The molecular formula is C22H33N3O5. The second-order valence-corrected chi connectivity index (χ2v) is 7.92. The van der Waals surface area contributed by atoms with Gasteiger partial charge in [0.25, 0.3) is 0 Å². The molecule has 0 aromatic heterocycles. The Morgan fingerprint density at radius 2 is 1.47 bits per heavy atom. The molecule has 1 unspecified atom stereocenters. The van der Waals surface area contributed by atoms with Crippen LogP contribution in [-0.4, -0.2) is 65.2 Å². The van der Waals surface area contributed by atoms with Crippen molar-refractivity contribution in [3.63, 3.8) is 0 Å². The highest BCUT2D eigenvalue weighted by molar-refractivity contribution is 6.27. The third kappa shape index (κ3) is 8.02. The van der Waals surface area contributed by atoms with Crippen LogP contribution in [0.2, 0.25) is 0 Å². The quantitative estimate of drug-likeness (QED) is 0.644. The number of anilines is 2. The second-order valence-electron chi connectivity index (χ2n) is 7.92. The van der Waals surface area contributed by atoms with E-state index >= 15 is 0 Å². The van der Waals surface area contributed by atoms with Crippen LogP contribution in [-0.2, 0) is 14.4 Å². The molecule has 3 rings (SSSR count). The zero-order chi connectivity index (χ0) is 21.9. The summed E-state index contributed by atoms with van der Waals surface area (Å²) < 4.78 is 0. The first kappa shape index (κ1) is 23.7. The molecule has 1 aromatic carbocycles. The van der Waals surface area contributed by atoms with Crippen LogP contribution in [0.25, 0.3) is 0 Å². The maximum absolute atomic E-state index is 12.3. The first-order valence-electron chi connectivity index (χ1n) is 10.7. The Kier molecular flexibility index (Phi) is 9.60. The molecule has 0 saturated carbocycles. The van der Waals surface area contributed by atoms with E-state index in [9.17, 15) is 4.79 Å². The molecule has 0 spiro atoms. The van der Waals surface area contributed by atoms with Crippen LogP contribution in [0.15, 0.2) is 24.3 Å². The molecule has 166 valence electrons. The molecule has 2 aliphatic rings. The molecule has 1 atom stereocenters. The number of amides is 1. The summed E-state index contributed by atoms with van der Waals surface area (Å²) >= 11 is 0. The van der Waals surface area contributed by atoms with Gasteiger partial charge in [-0.15, -0.1) is 0 Å². The molecule has 8 heteroatoms. The Labute approximate surface area is 177 Å². The van der Waals surface area contributed by atoms with Gasteiger partial charge in [0.05, 0.1) is 6.54 Å². The second kappa shape index (κ2) is 12.2. The first-order valence-corrected chi connectivity index (χ1v) is 10.7. The SMILES string of the molecule is CC1CCCCN1CC(=O)Nc1ccc(N2CCCCCC2)cc1.O=C(O)C(=O)O. The number of aliphatic carboxylic acids is 2. The highest BCUT2D eigenvalue weighted by Gasteiger charge is 2.20. The van der Waals surface area contributed by atoms with E-state index in [-0.39, 0.29) is 5.91 Å². The van der Waals surface area contributed by atoms with Gasteiger partial charge in [0.15, 0.2) is 0 Å². The van der Waals surface area contributed by atoms with Crippen LogP contribution in [0.5, 0.6) is 0 Å². The van der Waals surface area contributed by atoms with E-state index in [1.54, 1.807) is 0 Å². The molecule has 2 saturated heterocycles. The Morgan fingerprint density at radius 3 is 2.00 bits per heavy atom. The monoisotopic (exact) mass is 419 g/mol. The molecule has 0 aliphatic carbocycles. The summed E-state index contributed by atoms with van der Waals surface area (Å²) in [5.74, 6) is -3.55. The third-order valence-corrected chi connectivity index (χ3v) is 5.59. The summed E-state index contributed by atoms with van der Waals surface area (Å²) in [5.41, 5.74) is 2.18. The summed E-state index contributed by atoms with van der Waals surface area (Å²) in [6.07, 6.45) is 8.97. The molecule has 2 aliphatic heterocycles. The zero-order valence-electron chi connectivity index (χ0n) is 17.7. The van der Waals surface area contributed by atoms with Gasteiger partial charge in [-0.25, -0.2) is 9.59 Å². The number of carbonyl (C=O) groups is 3. The van der Waals surface area contributed by atoms with Crippen molar-refractivity contribution in [2.45, 2.75) is 57.9 Å². The van der Waals surface area contributed by atoms with Crippen molar-refractivity contribution in [1.82, 2.24) is 4.90 Å². The predicted octanol–water partition coefficient (Wildman–Crippen LogP) is 3.04. The van der Waals surface area contributed by atoms with Crippen molar-refractivity contribution in [1.29, 1.82) is 0 Å². The van der Waals surface area contributed by atoms with Crippen LogP contribution in [0, 0.1) is 0 Å². The summed E-state index contributed by atoms with van der Waals surface area (Å²) in [7, 11) is 0. The van der Waals surface area contributed by atoms with E-state index in [4.69, 9.17) is 19.8 Å². The molecule has 0 radical (unpaired) electrons. The van der Waals surface area contributed by atoms with Crippen molar-refractivity contribution < 1.29 is 24.6 Å². The Hall–Kier alpha value is -2.61. The van der Waals surface area contributed by atoms with E-state index < -0.39 is 11.9 Å². The highest BCUT2D eigenvalue weighted by Crippen LogP contribution is 2.22. The first-order chi connectivity index (χ1) is 14.4. The number of benzene rings is 1. The van der Waals surface area contributed by atoms with E-state index in [2.05, 4.69) is 34.2 Å². The fourth-order valence-corrected chi connectivity index (χ4v) is 3.86. The Balaban J connectivity index is 0.000000469. The van der Waals surface area contributed by atoms with Crippen LogP contribution >= 0.6 is 0 Å². The summed E-state index contributed by atoms with van der Waals surface area (Å²) in [6, 6.07) is 8.89. The molecule has 0 bridgehead atoms. The lowest BCUT2D eigenvalue weighted by molar-refractivity contribution is -0.159. The molecule has 8 nitrogen and oxygen atoms in total. The number of piperidine rings is 1. The lowest BCUT2D eigenvalue weighted by Gasteiger charge is -2.32. The third-order valence-electron chi connectivity index (χ3n) is 5.59. The number of likely N-dealkylation sites (tertiary alicyclic amines) is 1. The van der Waals surface area contributed by atoms with Gasteiger partial charge >= 0.3 is 11.9 Å². The number of rotatable bonds is 4. The molecule has 2 heterocycles. The summed E-state index contributed by atoms with van der Waals surface area (Å²) in [5, 5.41) is 17.8. The molecule has 1 amide bonds. The van der Waals surface area contributed by atoms with Crippen molar-refractivity contribution in [2.75, 3.05) is 36.4 Å². The van der Waals surface area contributed by atoms with Gasteiger partial charge in [-0.3, -0.25) is 9.69 Å². The minimum atomic E-state index is -1.82. The van der Waals surface area contributed by atoms with E-state index in [1.807, 2.05) is 12.1 Å². The smallest absolute Gasteiger partial charge is 0.414 e. The lowest BCUT2D eigenvalue weighted by Crippen LogP contribution is -2.42. The summed E-state index contributed by atoms with van der Waals surface area (Å²) in [6.45, 7) is 6.08. The van der Waals surface area contributed by atoms with Crippen LogP contribution < -0.4 is 10.2 Å². The van der Waals surface area contributed by atoms with Crippen LogP contribution in [0.1, 0.15) is 51.9 Å². The number of hydrogen-bond acceptors (Lipinski definition) is 5. The fourth-order valence-electron chi connectivity index (χ4n) is 3.86. The van der Waals surface area contributed by atoms with Crippen LogP contribution in [0.3, 0.4) is 0 Å². The average Bonchev–Trinajstić information content (AvgIpc) is 3.00. The lowest BCUT2D eigenvalue weighted by atomic mass is 10.0. The van der Waals surface area contributed by atoms with Crippen molar-refractivity contribution in [2.24, 2.45) is 0 Å². The number of nitrogens with zero attached hydrogens (tertiary/aromatic N) is 2. The highest BCUT2D eigenvalue weighted by atomic mass is 16.4. The zero-order valence-corrected chi connectivity index (χ0v) is 17.7. The van der Waals surface area contributed by atoms with Gasteiger partial charge in [0.1, 0.15) is 0 Å². The minimum Gasteiger partial charge on any atom is -0.473 e. The number of hydrogen-bond donors (Lipinski definition) is 3. The van der Waals surface area contributed by atoms with E-state index in [1.165, 1.54) is 50.6 Å². The molecule has 2 fully saturated rings. The molecule has 30 heavy (non-hydrogen) atoms. The van der Waals surface area contributed by atoms with Gasteiger partial charge in [-0.1, -0.05) is 19.3 Å². The normalized spacial score (nSPS) is 19.8. The molecular weight excluding hydrogens is 386 g/mol. The van der Waals surface area contributed by atoms with Crippen molar-refractivity contribution >= 4 is 29.2 Å². The topological polar surface area (TPSA) is 110 Å². The maximum Gasteiger partial charge on any atom is 0.414 e. The number of carboxylic acids is 2. The maximum atomic E-state index is 12.3. The molecule has 1 aromatic rings.